The Labute approximate surface area is 235 Å². The van der Waals surface area contributed by atoms with Crippen molar-refractivity contribution in [3.05, 3.63) is 107 Å². The van der Waals surface area contributed by atoms with Gasteiger partial charge in [0.15, 0.2) is 5.82 Å². The summed E-state index contributed by atoms with van der Waals surface area (Å²) in [5, 5.41) is 18.3. The van der Waals surface area contributed by atoms with E-state index in [0.717, 1.165) is 27.8 Å². The number of benzene rings is 3. The molecule has 0 saturated carbocycles. The average molecular weight is 557 g/mol. The zero-order chi connectivity index (χ0) is 28.6. The Morgan fingerprint density at radius 3 is 2.22 bits per heavy atom. The minimum absolute atomic E-state index is 0.0702. The molecule has 1 atom stereocenters. The first-order valence-electron chi connectivity index (χ1n) is 13.1. The van der Waals surface area contributed by atoms with Gasteiger partial charge in [-0.15, -0.1) is 0 Å². The molecule has 11 heteroatoms. The Bertz CT molecular complexity index is 1480. The number of carboxylic acid groups (broad SMARTS) is 1. The molecule has 0 spiro atoms. The summed E-state index contributed by atoms with van der Waals surface area (Å²) in [6.07, 6.45) is -1.69. The summed E-state index contributed by atoms with van der Waals surface area (Å²) in [5.41, 5.74) is 5.17. The molecule has 11 nitrogen and oxygen atoms in total. The second-order valence-corrected chi connectivity index (χ2v) is 9.41. The quantitative estimate of drug-likeness (QED) is 0.241. The maximum Gasteiger partial charge on any atom is 0.407 e. The Morgan fingerprint density at radius 1 is 0.878 bits per heavy atom. The summed E-state index contributed by atoms with van der Waals surface area (Å²) in [4.78, 5) is 40.3. The van der Waals surface area contributed by atoms with Crippen LogP contribution in [0.2, 0.25) is 0 Å². The monoisotopic (exact) mass is 556 g/mol. The Balaban J connectivity index is 1.13. The van der Waals surface area contributed by atoms with Gasteiger partial charge in [0.25, 0.3) is 0 Å². The number of rotatable bonds is 11. The van der Waals surface area contributed by atoms with Crippen LogP contribution in [0.4, 0.5) is 9.59 Å². The summed E-state index contributed by atoms with van der Waals surface area (Å²) in [7, 11) is 0. The molecule has 4 aromatic rings. The molecule has 1 aliphatic carbocycles. The highest BCUT2D eigenvalue weighted by molar-refractivity contribution is 5.79. The normalized spacial score (nSPS) is 12.6. The van der Waals surface area contributed by atoms with Gasteiger partial charge in [-0.3, -0.25) is 4.79 Å². The first-order chi connectivity index (χ1) is 20.0. The van der Waals surface area contributed by atoms with Crippen molar-refractivity contribution in [3.63, 3.8) is 0 Å². The number of carbonyl (C=O) groups excluding carboxylic acids is 2. The second-order valence-electron chi connectivity index (χ2n) is 9.41. The van der Waals surface area contributed by atoms with Crippen molar-refractivity contribution in [2.75, 3.05) is 13.2 Å². The van der Waals surface area contributed by atoms with E-state index in [0.29, 0.717) is 0 Å². The number of ether oxygens (including phenoxy) is 2. The lowest BCUT2D eigenvalue weighted by Crippen LogP contribution is -2.32. The predicted octanol–water partition coefficient (Wildman–Crippen LogP) is 4.59. The van der Waals surface area contributed by atoms with Gasteiger partial charge < -0.3 is 29.7 Å². The molecule has 0 unspecified atom stereocenters. The van der Waals surface area contributed by atoms with Gasteiger partial charge in [0.2, 0.25) is 5.89 Å². The van der Waals surface area contributed by atoms with Crippen LogP contribution in [0.5, 0.6) is 0 Å². The van der Waals surface area contributed by atoms with Crippen LogP contribution in [-0.4, -0.2) is 46.6 Å². The topological polar surface area (TPSA) is 153 Å². The average Bonchev–Trinajstić information content (AvgIpc) is 3.58. The summed E-state index contributed by atoms with van der Waals surface area (Å²) >= 11 is 0. The van der Waals surface area contributed by atoms with Gasteiger partial charge >= 0.3 is 18.2 Å². The molecule has 1 aromatic heterocycles. The van der Waals surface area contributed by atoms with E-state index in [-0.39, 0.29) is 43.8 Å². The summed E-state index contributed by atoms with van der Waals surface area (Å²) in [6.45, 7) is 0.369. The smallest absolute Gasteiger partial charge is 0.407 e. The van der Waals surface area contributed by atoms with Crippen molar-refractivity contribution < 1.29 is 33.5 Å². The number of carbonyl (C=O) groups is 3. The number of alkyl carbamates (subject to hydrolysis) is 2. The molecule has 0 fully saturated rings. The number of carboxylic acids is 1. The minimum atomic E-state index is -1.17. The first-order valence-corrected chi connectivity index (χ1v) is 13.1. The lowest BCUT2D eigenvalue weighted by Gasteiger charge is -2.17. The van der Waals surface area contributed by atoms with Gasteiger partial charge in [-0.25, -0.2) is 9.59 Å². The van der Waals surface area contributed by atoms with E-state index < -0.39 is 30.6 Å². The van der Waals surface area contributed by atoms with Crippen molar-refractivity contribution in [1.82, 2.24) is 20.8 Å². The zero-order valence-corrected chi connectivity index (χ0v) is 22.0. The van der Waals surface area contributed by atoms with Crippen LogP contribution in [0, 0.1) is 0 Å². The highest BCUT2D eigenvalue weighted by Gasteiger charge is 2.30. The molecule has 3 aromatic carbocycles. The summed E-state index contributed by atoms with van der Waals surface area (Å²) < 4.78 is 15.9. The number of fused-ring (bicyclic) bond motifs is 3. The second kappa shape index (κ2) is 12.8. The largest absolute Gasteiger partial charge is 0.481 e. The third-order valence-electron chi connectivity index (χ3n) is 6.63. The van der Waals surface area contributed by atoms with Gasteiger partial charge in [0, 0.05) is 18.9 Å². The van der Waals surface area contributed by atoms with Crippen LogP contribution in [0.3, 0.4) is 0 Å². The van der Waals surface area contributed by atoms with Crippen LogP contribution in [0.1, 0.15) is 46.8 Å². The van der Waals surface area contributed by atoms with Crippen LogP contribution in [-0.2, 0) is 27.3 Å². The molecule has 0 bridgehead atoms. The molecule has 1 heterocycles. The van der Waals surface area contributed by atoms with E-state index in [1.807, 2.05) is 78.9 Å². The number of aliphatic carboxylic acids is 1. The highest BCUT2D eigenvalue weighted by atomic mass is 16.6. The van der Waals surface area contributed by atoms with E-state index in [1.165, 1.54) is 0 Å². The van der Waals surface area contributed by atoms with Gasteiger partial charge in [0.1, 0.15) is 19.3 Å². The number of nitrogens with zero attached hydrogens (tertiary/aromatic N) is 2. The van der Waals surface area contributed by atoms with Crippen molar-refractivity contribution in [1.29, 1.82) is 0 Å². The van der Waals surface area contributed by atoms with Crippen molar-refractivity contribution >= 4 is 18.2 Å². The van der Waals surface area contributed by atoms with E-state index in [2.05, 4.69) is 20.8 Å². The van der Waals surface area contributed by atoms with Crippen molar-refractivity contribution in [2.45, 2.75) is 31.4 Å². The minimum Gasteiger partial charge on any atom is -0.481 e. The number of aromatic nitrogens is 2. The maximum atomic E-state index is 12.7. The fourth-order valence-electron chi connectivity index (χ4n) is 4.72. The van der Waals surface area contributed by atoms with E-state index in [9.17, 15) is 19.5 Å². The lowest BCUT2D eigenvalue weighted by molar-refractivity contribution is -0.137. The molecule has 41 heavy (non-hydrogen) atoms. The van der Waals surface area contributed by atoms with Crippen LogP contribution >= 0.6 is 0 Å². The number of hydrogen-bond acceptors (Lipinski definition) is 8. The van der Waals surface area contributed by atoms with Crippen molar-refractivity contribution in [3.8, 4) is 11.1 Å². The molecule has 3 N–H and O–H groups in total. The highest BCUT2D eigenvalue weighted by Crippen LogP contribution is 2.44. The number of hydrogen-bond donors (Lipinski definition) is 3. The zero-order valence-electron chi connectivity index (χ0n) is 22.0. The Morgan fingerprint density at radius 2 is 1.54 bits per heavy atom. The molecule has 0 aliphatic heterocycles. The predicted molar refractivity (Wildman–Crippen MR) is 146 cm³/mol. The van der Waals surface area contributed by atoms with Gasteiger partial charge in [-0.05, 0) is 27.8 Å². The van der Waals surface area contributed by atoms with Crippen LogP contribution in [0.15, 0.2) is 83.4 Å². The lowest BCUT2D eigenvalue weighted by atomic mass is 9.98. The van der Waals surface area contributed by atoms with E-state index in [1.54, 1.807) is 0 Å². The Kier molecular flexibility index (Phi) is 8.53. The molecular formula is C30H28N4O7. The van der Waals surface area contributed by atoms with Gasteiger partial charge in [0.05, 0.1) is 6.42 Å². The molecular weight excluding hydrogens is 528 g/mol. The van der Waals surface area contributed by atoms with Crippen LogP contribution in [0.25, 0.3) is 11.1 Å². The molecule has 5 rings (SSSR count). The third-order valence-corrected chi connectivity index (χ3v) is 6.63. The fraction of sp³-hybridized carbons (Fsp3) is 0.233. The Hall–Kier alpha value is -5.19. The van der Waals surface area contributed by atoms with Crippen molar-refractivity contribution in [2.24, 2.45) is 0 Å². The van der Waals surface area contributed by atoms with E-state index >= 15 is 0 Å². The maximum absolute atomic E-state index is 12.7. The van der Waals surface area contributed by atoms with Crippen LogP contribution < -0.4 is 10.6 Å². The van der Waals surface area contributed by atoms with Gasteiger partial charge in [-0.2, -0.15) is 4.98 Å². The fourth-order valence-corrected chi connectivity index (χ4v) is 4.72. The summed E-state index contributed by atoms with van der Waals surface area (Å²) in [6, 6.07) is 24.1. The number of nitrogens with one attached hydrogen (secondary N) is 2. The van der Waals surface area contributed by atoms with E-state index in [4.69, 9.17) is 14.0 Å². The third kappa shape index (κ3) is 6.88. The molecule has 2 amide bonds. The molecule has 1 aliphatic rings. The first kappa shape index (κ1) is 27.4. The molecule has 0 radical (unpaired) electrons. The molecule has 210 valence electrons. The van der Waals surface area contributed by atoms with Gasteiger partial charge in [-0.1, -0.05) is 84.0 Å². The molecule has 0 saturated heterocycles. The number of amides is 2. The summed E-state index contributed by atoms with van der Waals surface area (Å²) in [5.74, 6) is -1.17. The SMILES string of the molecule is O=C(O)C[C@H](NC(=O)OCC1c2ccccc2-c2ccccc21)c1nc(CCNC(=O)OCc2ccccc2)no1. The standard InChI is InChI=1S/C30H28N4O7/c35-27(36)16-25(28-33-26(34-41-28)14-15-31-29(37)39-17-19-8-2-1-3-9-19)32-30(38)40-18-24-22-12-6-4-10-20(22)21-11-5-7-13-23(21)24/h1-13,24-25H,14-18H2,(H,31,37)(H,32,38)(H,35,36)/t25-/m0/s1.